The minimum Gasteiger partial charge on any atom is -0.428 e. The highest BCUT2D eigenvalue weighted by Crippen LogP contribution is 2.20. The molecule has 108 valence electrons. The first-order valence-corrected chi connectivity index (χ1v) is 5.86. The summed E-state index contributed by atoms with van der Waals surface area (Å²) in [6.07, 6.45) is -1.26. The van der Waals surface area contributed by atoms with Crippen molar-refractivity contribution in [3.63, 3.8) is 0 Å². The van der Waals surface area contributed by atoms with Crippen LogP contribution in [-0.4, -0.2) is 37.2 Å². The number of carbonyl (C=O) groups excluding carboxylic acids is 1. The maximum absolute atomic E-state index is 11.5. The number of benzene rings is 1. The Morgan fingerprint density at radius 2 is 2.10 bits per heavy atom. The minimum atomic E-state index is -0.885. The molecule has 20 heavy (non-hydrogen) atoms. The zero-order chi connectivity index (χ0) is 14.5. The molecule has 1 fully saturated rings. The van der Waals surface area contributed by atoms with Gasteiger partial charge in [-0.05, 0) is 12.1 Å². The van der Waals surface area contributed by atoms with Gasteiger partial charge < -0.3 is 18.9 Å². The number of methoxy groups -OCH3 is 1. The molecule has 0 aromatic heterocycles. The van der Waals surface area contributed by atoms with Gasteiger partial charge in [-0.25, -0.2) is 4.79 Å². The first kappa shape index (κ1) is 14.2. The van der Waals surface area contributed by atoms with E-state index in [4.69, 9.17) is 18.9 Å². The summed E-state index contributed by atoms with van der Waals surface area (Å²) in [5, 5.41) is 10.5. The molecule has 8 heteroatoms. The average molecular weight is 283 g/mol. The van der Waals surface area contributed by atoms with Crippen LogP contribution in [0.25, 0.3) is 0 Å². The van der Waals surface area contributed by atoms with Crippen molar-refractivity contribution in [2.75, 3.05) is 13.7 Å². The van der Waals surface area contributed by atoms with Crippen LogP contribution in [0.5, 0.6) is 5.75 Å². The third kappa shape index (κ3) is 3.65. The Labute approximate surface area is 114 Å². The molecular weight excluding hydrogens is 270 g/mol. The summed E-state index contributed by atoms with van der Waals surface area (Å²) in [5.74, 6) is 0.169. The molecule has 1 heterocycles. The van der Waals surface area contributed by atoms with Crippen molar-refractivity contribution >= 4 is 11.8 Å². The SMILES string of the molecule is COC1CC(OC(=O)Oc2ccc([N+](=O)[O-])cc2)CO1. The smallest absolute Gasteiger partial charge is 0.428 e. The monoisotopic (exact) mass is 283 g/mol. The van der Waals surface area contributed by atoms with Gasteiger partial charge in [-0.15, -0.1) is 0 Å². The third-order valence-electron chi connectivity index (χ3n) is 2.70. The zero-order valence-corrected chi connectivity index (χ0v) is 10.7. The van der Waals surface area contributed by atoms with Crippen molar-refractivity contribution < 1.29 is 28.7 Å². The van der Waals surface area contributed by atoms with E-state index in [1.54, 1.807) is 0 Å². The summed E-state index contributed by atoms with van der Waals surface area (Å²) in [4.78, 5) is 21.4. The molecule has 2 atom stereocenters. The molecule has 0 N–H and O–H groups in total. The summed E-state index contributed by atoms with van der Waals surface area (Å²) in [6.45, 7) is 0.244. The van der Waals surface area contributed by atoms with Gasteiger partial charge in [-0.2, -0.15) is 0 Å². The van der Waals surface area contributed by atoms with E-state index in [0.717, 1.165) is 0 Å². The predicted molar refractivity (Wildman–Crippen MR) is 65.4 cm³/mol. The van der Waals surface area contributed by atoms with E-state index in [2.05, 4.69) is 0 Å². The van der Waals surface area contributed by atoms with Gasteiger partial charge in [0.1, 0.15) is 11.9 Å². The summed E-state index contributed by atoms with van der Waals surface area (Å²) in [6, 6.07) is 5.12. The van der Waals surface area contributed by atoms with E-state index in [9.17, 15) is 14.9 Å². The lowest BCUT2D eigenvalue weighted by atomic mass is 10.3. The molecule has 8 nitrogen and oxygen atoms in total. The Kier molecular flexibility index (Phi) is 4.49. The van der Waals surface area contributed by atoms with Crippen LogP contribution in [0.1, 0.15) is 6.42 Å². The molecule has 2 rings (SSSR count). The second kappa shape index (κ2) is 6.31. The molecule has 1 aromatic rings. The first-order chi connectivity index (χ1) is 9.58. The molecule has 1 aliphatic rings. The first-order valence-electron chi connectivity index (χ1n) is 5.86. The molecule has 1 aromatic carbocycles. The highest BCUT2D eigenvalue weighted by Gasteiger charge is 2.29. The molecule has 0 bridgehead atoms. The standard InChI is InChI=1S/C12H13NO7/c1-17-11-6-10(7-18-11)20-12(14)19-9-4-2-8(3-5-9)13(15)16/h2-5,10-11H,6-7H2,1H3. The van der Waals surface area contributed by atoms with Crippen molar-refractivity contribution in [2.24, 2.45) is 0 Å². The van der Waals surface area contributed by atoms with Crippen LogP contribution >= 0.6 is 0 Å². The fourth-order valence-corrected chi connectivity index (χ4v) is 1.70. The van der Waals surface area contributed by atoms with Crippen LogP contribution in [0.2, 0.25) is 0 Å². The van der Waals surface area contributed by atoms with Gasteiger partial charge in [-0.3, -0.25) is 10.1 Å². The number of nitro benzene ring substituents is 1. The number of rotatable bonds is 4. The minimum absolute atomic E-state index is 0.0853. The van der Waals surface area contributed by atoms with E-state index < -0.39 is 17.2 Å². The molecular formula is C12H13NO7. The number of nitrogens with zero attached hydrogens (tertiary/aromatic N) is 1. The predicted octanol–water partition coefficient (Wildman–Crippen LogP) is 1.87. The van der Waals surface area contributed by atoms with Crippen LogP contribution in [0.15, 0.2) is 24.3 Å². The Morgan fingerprint density at radius 1 is 1.40 bits per heavy atom. The lowest BCUT2D eigenvalue weighted by Crippen LogP contribution is -2.21. The largest absolute Gasteiger partial charge is 0.514 e. The van der Waals surface area contributed by atoms with Crippen LogP contribution in [-0.2, 0) is 14.2 Å². The number of hydrogen-bond donors (Lipinski definition) is 0. The van der Waals surface area contributed by atoms with E-state index >= 15 is 0 Å². The third-order valence-corrected chi connectivity index (χ3v) is 2.70. The van der Waals surface area contributed by atoms with Gasteiger partial charge >= 0.3 is 6.16 Å². The Hall–Kier alpha value is -2.19. The van der Waals surface area contributed by atoms with Crippen molar-refractivity contribution in [3.8, 4) is 5.75 Å². The van der Waals surface area contributed by atoms with Crippen LogP contribution in [0.4, 0.5) is 10.5 Å². The lowest BCUT2D eigenvalue weighted by Gasteiger charge is -2.10. The molecule has 0 radical (unpaired) electrons. The Morgan fingerprint density at radius 3 is 2.65 bits per heavy atom. The van der Waals surface area contributed by atoms with Gasteiger partial charge in [0.05, 0.1) is 11.5 Å². The van der Waals surface area contributed by atoms with E-state index in [-0.39, 0.29) is 24.3 Å². The van der Waals surface area contributed by atoms with Gasteiger partial charge in [0.15, 0.2) is 6.29 Å². The van der Waals surface area contributed by atoms with Gasteiger partial charge in [0.25, 0.3) is 5.69 Å². The van der Waals surface area contributed by atoms with Crippen molar-refractivity contribution in [1.29, 1.82) is 0 Å². The summed E-state index contributed by atoms with van der Waals surface area (Å²) < 4.78 is 20.1. The highest BCUT2D eigenvalue weighted by molar-refractivity contribution is 5.64. The summed E-state index contributed by atoms with van der Waals surface area (Å²) in [7, 11) is 1.50. The molecule has 0 spiro atoms. The quantitative estimate of drug-likeness (QED) is 0.360. The molecule has 0 amide bonds. The number of carbonyl (C=O) groups is 1. The summed E-state index contributed by atoms with van der Waals surface area (Å²) >= 11 is 0. The van der Waals surface area contributed by atoms with Crippen LogP contribution in [0, 0.1) is 10.1 Å². The fraction of sp³-hybridized carbons (Fsp3) is 0.417. The van der Waals surface area contributed by atoms with Crippen LogP contribution < -0.4 is 4.74 Å². The number of nitro groups is 1. The van der Waals surface area contributed by atoms with Gasteiger partial charge in [-0.1, -0.05) is 0 Å². The van der Waals surface area contributed by atoms with Gasteiger partial charge in [0, 0.05) is 25.7 Å². The Balaban J connectivity index is 1.84. The maximum Gasteiger partial charge on any atom is 0.514 e. The second-order valence-electron chi connectivity index (χ2n) is 4.08. The number of ether oxygens (including phenoxy) is 4. The van der Waals surface area contributed by atoms with Gasteiger partial charge in [0.2, 0.25) is 0 Å². The van der Waals surface area contributed by atoms with Crippen molar-refractivity contribution in [2.45, 2.75) is 18.8 Å². The summed E-state index contributed by atoms with van der Waals surface area (Å²) in [5.41, 5.74) is -0.0853. The average Bonchev–Trinajstić information content (AvgIpc) is 2.86. The maximum atomic E-state index is 11.5. The van der Waals surface area contributed by atoms with Crippen molar-refractivity contribution in [3.05, 3.63) is 34.4 Å². The molecule has 1 saturated heterocycles. The molecule has 0 saturated carbocycles. The number of non-ortho nitro benzene ring substituents is 1. The van der Waals surface area contributed by atoms with E-state index in [1.165, 1.54) is 31.4 Å². The molecule has 2 unspecified atom stereocenters. The molecule has 0 aliphatic carbocycles. The second-order valence-corrected chi connectivity index (χ2v) is 4.08. The molecule has 1 aliphatic heterocycles. The Bertz CT molecular complexity index is 487. The van der Waals surface area contributed by atoms with Crippen LogP contribution in [0.3, 0.4) is 0 Å². The fourth-order valence-electron chi connectivity index (χ4n) is 1.70. The lowest BCUT2D eigenvalue weighted by molar-refractivity contribution is -0.384. The normalized spacial score (nSPS) is 21.4. The zero-order valence-electron chi connectivity index (χ0n) is 10.7. The number of hydrogen-bond acceptors (Lipinski definition) is 7. The highest BCUT2D eigenvalue weighted by atomic mass is 16.7. The topological polar surface area (TPSA) is 97.1 Å². The van der Waals surface area contributed by atoms with Crippen molar-refractivity contribution in [1.82, 2.24) is 0 Å². The van der Waals surface area contributed by atoms with E-state index in [0.29, 0.717) is 6.42 Å². The van der Waals surface area contributed by atoms with E-state index in [1.807, 2.05) is 0 Å².